The van der Waals surface area contributed by atoms with E-state index in [2.05, 4.69) is 31.7 Å². The summed E-state index contributed by atoms with van der Waals surface area (Å²) in [5.41, 5.74) is 2.07. The maximum Gasteiger partial charge on any atom is 0.156 e. The zero-order valence-electron chi connectivity index (χ0n) is 11.9. The van der Waals surface area contributed by atoms with Gasteiger partial charge in [0.1, 0.15) is 11.8 Å². The molecule has 2 aromatic rings. The van der Waals surface area contributed by atoms with Gasteiger partial charge < -0.3 is 9.88 Å². The molecule has 0 aromatic carbocycles. The van der Waals surface area contributed by atoms with E-state index in [0.29, 0.717) is 6.04 Å². The molecule has 2 aliphatic rings. The molecule has 2 saturated heterocycles. The van der Waals surface area contributed by atoms with Crippen LogP contribution in [-0.2, 0) is 0 Å². The Morgan fingerprint density at radius 1 is 1.25 bits per heavy atom. The summed E-state index contributed by atoms with van der Waals surface area (Å²) in [6, 6.07) is 3.45. The lowest BCUT2D eigenvalue weighted by atomic mass is 9.97. The minimum Gasteiger partial charge on any atom is -0.357 e. The predicted molar refractivity (Wildman–Crippen MR) is 79.9 cm³/mol. The Morgan fingerprint density at radius 3 is 3.00 bits per heavy atom. The molecular formula is C15H21N5. The normalized spacial score (nSPS) is 25.1. The lowest BCUT2D eigenvalue weighted by Gasteiger charge is -2.49. The smallest absolute Gasteiger partial charge is 0.156 e. The monoisotopic (exact) mass is 271 g/mol. The standard InChI is InChI=1S/C15H21N5/c1-11-4-2-3-7-20(11)12-8-19(9-12)15-14-13(5-6-16-14)17-10-18-15/h5-6,10-12,16H,2-4,7-9H2,1H3. The van der Waals surface area contributed by atoms with E-state index in [-0.39, 0.29) is 0 Å². The Labute approximate surface area is 119 Å². The molecule has 1 N–H and O–H groups in total. The van der Waals surface area contributed by atoms with Crippen LogP contribution in [0.3, 0.4) is 0 Å². The number of anilines is 1. The van der Waals surface area contributed by atoms with Gasteiger partial charge in [-0.15, -0.1) is 0 Å². The van der Waals surface area contributed by atoms with Gasteiger partial charge in [0.25, 0.3) is 0 Å². The molecule has 0 bridgehead atoms. The third kappa shape index (κ3) is 1.88. The van der Waals surface area contributed by atoms with Crippen LogP contribution in [0.5, 0.6) is 0 Å². The number of aromatic nitrogens is 3. The molecule has 1 atom stereocenters. The van der Waals surface area contributed by atoms with Gasteiger partial charge in [0, 0.05) is 31.4 Å². The molecular weight excluding hydrogens is 250 g/mol. The fourth-order valence-corrected chi connectivity index (χ4v) is 3.60. The SMILES string of the molecule is CC1CCCCN1C1CN(c2ncnc3cc[nH]c23)C1. The average molecular weight is 271 g/mol. The molecule has 5 heteroatoms. The second-order valence-corrected chi connectivity index (χ2v) is 6.08. The number of H-pyrrole nitrogens is 1. The van der Waals surface area contributed by atoms with Crippen molar-refractivity contribution < 1.29 is 0 Å². The van der Waals surface area contributed by atoms with Crippen molar-refractivity contribution in [3.05, 3.63) is 18.6 Å². The van der Waals surface area contributed by atoms with Crippen LogP contribution in [0.4, 0.5) is 5.82 Å². The molecule has 0 saturated carbocycles. The topological polar surface area (TPSA) is 48.1 Å². The molecule has 2 fully saturated rings. The molecule has 5 nitrogen and oxygen atoms in total. The Bertz CT molecular complexity index is 601. The van der Waals surface area contributed by atoms with E-state index in [4.69, 9.17) is 0 Å². The summed E-state index contributed by atoms with van der Waals surface area (Å²) in [5, 5.41) is 0. The summed E-state index contributed by atoms with van der Waals surface area (Å²) < 4.78 is 0. The highest BCUT2D eigenvalue weighted by Crippen LogP contribution is 2.29. The summed E-state index contributed by atoms with van der Waals surface area (Å²) in [6.45, 7) is 5.82. The van der Waals surface area contributed by atoms with Crippen LogP contribution in [-0.4, -0.2) is 51.6 Å². The van der Waals surface area contributed by atoms with Gasteiger partial charge in [-0.1, -0.05) is 6.42 Å². The summed E-state index contributed by atoms with van der Waals surface area (Å²) in [6.07, 6.45) is 7.71. The third-order valence-electron chi connectivity index (χ3n) is 4.81. The molecule has 0 aliphatic carbocycles. The van der Waals surface area contributed by atoms with E-state index in [1.54, 1.807) is 6.33 Å². The highest BCUT2D eigenvalue weighted by atomic mass is 15.3. The van der Waals surface area contributed by atoms with E-state index in [9.17, 15) is 0 Å². The number of hydrogen-bond acceptors (Lipinski definition) is 4. The van der Waals surface area contributed by atoms with Crippen LogP contribution in [0.15, 0.2) is 18.6 Å². The zero-order valence-corrected chi connectivity index (χ0v) is 11.9. The first-order valence-electron chi connectivity index (χ1n) is 7.62. The number of likely N-dealkylation sites (tertiary alicyclic amines) is 1. The van der Waals surface area contributed by atoms with Crippen LogP contribution < -0.4 is 4.90 Å². The van der Waals surface area contributed by atoms with Gasteiger partial charge in [-0.2, -0.15) is 0 Å². The van der Waals surface area contributed by atoms with Gasteiger partial charge in [0.05, 0.1) is 5.52 Å². The number of piperidine rings is 1. The number of nitrogens with zero attached hydrogens (tertiary/aromatic N) is 4. The fourth-order valence-electron chi connectivity index (χ4n) is 3.60. The zero-order chi connectivity index (χ0) is 13.5. The molecule has 4 heterocycles. The maximum absolute atomic E-state index is 4.46. The summed E-state index contributed by atoms with van der Waals surface area (Å²) >= 11 is 0. The van der Waals surface area contributed by atoms with Gasteiger partial charge in [-0.05, 0) is 32.4 Å². The van der Waals surface area contributed by atoms with Crippen LogP contribution in [0.25, 0.3) is 11.0 Å². The molecule has 2 aliphatic heterocycles. The Hall–Kier alpha value is -1.62. The first kappa shape index (κ1) is 12.1. The van der Waals surface area contributed by atoms with E-state index < -0.39 is 0 Å². The van der Waals surface area contributed by atoms with Crippen molar-refractivity contribution in [1.82, 2.24) is 19.9 Å². The first-order valence-corrected chi connectivity index (χ1v) is 7.62. The third-order valence-corrected chi connectivity index (χ3v) is 4.81. The predicted octanol–water partition coefficient (Wildman–Crippen LogP) is 2.02. The fraction of sp³-hybridized carbons (Fsp3) is 0.600. The molecule has 2 aromatic heterocycles. The summed E-state index contributed by atoms with van der Waals surface area (Å²) in [7, 11) is 0. The van der Waals surface area contributed by atoms with Gasteiger partial charge in [0.15, 0.2) is 5.82 Å². The van der Waals surface area contributed by atoms with Crippen molar-refractivity contribution in [1.29, 1.82) is 0 Å². The van der Waals surface area contributed by atoms with Crippen molar-refractivity contribution in [3.8, 4) is 0 Å². The van der Waals surface area contributed by atoms with Crippen molar-refractivity contribution in [2.45, 2.75) is 38.3 Å². The largest absolute Gasteiger partial charge is 0.357 e. The minimum absolute atomic E-state index is 0.699. The van der Waals surface area contributed by atoms with E-state index in [1.807, 2.05) is 12.3 Å². The Morgan fingerprint density at radius 2 is 2.15 bits per heavy atom. The summed E-state index contributed by atoms with van der Waals surface area (Å²) in [5.74, 6) is 1.06. The lowest BCUT2D eigenvalue weighted by Crippen LogP contribution is -2.62. The maximum atomic E-state index is 4.46. The second-order valence-electron chi connectivity index (χ2n) is 6.08. The minimum atomic E-state index is 0.699. The molecule has 0 radical (unpaired) electrons. The number of aromatic amines is 1. The van der Waals surface area contributed by atoms with E-state index in [1.165, 1.54) is 25.8 Å². The number of nitrogens with one attached hydrogen (secondary N) is 1. The number of hydrogen-bond donors (Lipinski definition) is 1. The molecule has 20 heavy (non-hydrogen) atoms. The van der Waals surface area contributed by atoms with Crippen molar-refractivity contribution in [2.75, 3.05) is 24.5 Å². The van der Waals surface area contributed by atoms with Crippen molar-refractivity contribution >= 4 is 16.9 Å². The molecule has 0 spiro atoms. The van der Waals surface area contributed by atoms with Crippen LogP contribution in [0, 0.1) is 0 Å². The Balaban J connectivity index is 1.49. The van der Waals surface area contributed by atoms with Crippen LogP contribution in [0.2, 0.25) is 0 Å². The van der Waals surface area contributed by atoms with Gasteiger partial charge in [-0.3, -0.25) is 4.90 Å². The average Bonchev–Trinajstić information content (AvgIpc) is 2.88. The lowest BCUT2D eigenvalue weighted by molar-refractivity contribution is 0.0874. The molecule has 4 rings (SSSR count). The Kier molecular flexibility index (Phi) is 2.88. The summed E-state index contributed by atoms with van der Waals surface area (Å²) in [4.78, 5) is 17.1. The van der Waals surface area contributed by atoms with Crippen LogP contribution >= 0.6 is 0 Å². The van der Waals surface area contributed by atoms with Crippen LogP contribution in [0.1, 0.15) is 26.2 Å². The van der Waals surface area contributed by atoms with E-state index >= 15 is 0 Å². The molecule has 0 amide bonds. The van der Waals surface area contributed by atoms with Crippen molar-refractivity contribution in [2.24, 2.45) is 0 Å². The first-order chi connectivity index (χ1) is 9.83. The molecule has 106 valence electrons. The highest BCUT2D eigenvalue weighted by Gasteiger charge is 2.36. The van der Waals surface area contributed by atoms with E-state index in [0.717, 1.165) is 36.0 Å². The number of rotatable bonds is 2. The quantitative estimate of drug-likeness (QED) is 0.908. The number of fused-ring (bicyclic) bond motifs is 1. The second kappa shape index (κ2) is 4.74. The van der Waals surface area contributed by atoms with Gasteiger partial charge in [0.2, 0.25) is 0 Å². The van der Waals surface area contributed by atoms with Gasteiger partial charge >= 0.3 is 0 Å². The van der Waals surface area contributed by atoms with Crippen molar-refractivity contribution in [3.63, 3.8) is 0 Å². The van der Waals surface area contributed by atoms with Gasteiger partial charge in [-0.25, -0.2) is 9.97 Å². The molecule has 1 unspecified atom stereocenters. The highest BCUT2D eigenvalue weighted by molar-refractivity contribution is 5.86.